The molecule has 6 heteroatoms. The summed E-state index contributed by atoms with van der Waals surface area (Å²) in [6, 6.07) is 6.03. The maximum absolute atomic E-state index is 10.9. The van der Waals surface area contributed by atoms with Crippen molar-refractivity contribution in [3.05, 3.63) is 39.9 Å². The van der Waals surface area contributed by atoms with E-state index in [0.717, 1.165) is 28.2 Å². The predicted octanol–water partition coefficient (Wildman–Crippen LogP) is 3.26. The molecular formula is C15H18N2O3S. The number of benzene rings is 1. The molecule has 0 bridgehead atoms. The molecule has 5 nitrogen and oxygen atoms in total. The summed E-state index contributed by atoms with van der Waals surface area (Å²) in [6.07, 6.45) is 0. The van der Waals surface area contributed by atoms with Gasteiger partial charge in [0.2, 0.25) is 0 Å². The number of hydrogen-bond donors (Lipinski definition) is 2. The number of aromatic nitrogens is 1. The first-order valence-corrected chi connectivity index (χ1v) is 7.44. The average molecular weight is 306 g/mol. The molecule has 0 saturated heterocycles. The summed E-state index contributed by atoms with van der Waals surface area (Å²) in [5, 5.41) is 12.7. The first-order chi connectivity index (χ1) is 9.99. The van der Waals surface area contributed by atoms with Crippen LogP contribution in [0.25, 0.3) is 0 Å². The van der Waals surface area contributed by atoms with Crippen molar-refractivity contribution in [3.8, 4) is 5.75 Å². The number of carbonyl (C=O) groups is 1. The Labute approximate surface area is 127 Å². The summed E-state index contributed by atoms with van der Waals surface area (Å²) in [7, 11) is 0. The van der Waals surface area contributed by atoms with Crippen molar-refractivity contribution in [1.29, 1.82) is 0 Å². The number of anilines is 1. The number of nitrogens with one attached hydrogen (secondary N) is 1. The summed E-state index contributed by atoms with van der Waals surface area (Å²) in [5.74, 6) is -0.0364. The lowest BCUT2D eigenvalue weighted by molar-refractivity contribution is 0.0701. The standard InChI is InChI=1S/C15H18N2O3S/c1-9-5-4-6-10(2)12(9)20-8-7-16-15-17-11(3)13(21-15)14(18)19/h4-6H,7-8H2,1-3H3,(H,16,17)(H,18,19). The normalized spacial score (nSPS) is 10.4. The second kappa shape index (κ2) is 6.58. The number of aromatic carboxylic acids is 1. The third-order valence-corrected chi connectivity index (χ3v) is 4.13. The predicted molar refractivity (Wildman–Crippen MR) is 83.7 cm³/mol. The molecule has 21 heavy (non-hydrogen) atoms. The van der Waals surface area contributed by atoms with E-state index < -0.39 is 5.97 Å². The molecule has 0 radical (unpaired) electrons. The molecule has 0 saturated carbocycles. The minimum absolute atomic E-state index is 0.271. The first kappa shape index (κ1) is 15.3. The van der Waals surface area contributed by atoms with Gasteiger partial charge in [-0.05, 0) is 31.9 Å². The topological polar surface area (TPSA) is 71.5 Å². The highest BCUT2D eigenvalue weighted by molar-refractivity contribution is 7.17. The molecule has 2 rings (SSSR count). The van der Waals surface area contributed by atoms with E-state index in [-0.39, 0.29) is 4.88 Å². The molecule has 0 aliphatic carbocycles. The number of aryl methyl sites for hydroxylation is 3. The Morgan fingerprint density at radius 1 is 1.33 bits per heavy atom. The van der Waals surface area contributed by atoms with Crippen molar-refractivity contribution in [2.45, 2.75) is 20.8 Å². The van der Waals surface area contributed by atoms with E-state index >= 15 is 0 Å². The van der Waals surface area contributed by atoms with E-state index in [9.17, 15) is 4.79 Å². The zero-order chi connectivity index (χ0) is 15.4. The fraction of sp³-hybridized carbons (Fsp3) is 0.333. The van der Waals surface area contributed by atoms with Crippen molar-refractivity contribution in [2.75, 3.05) is 18.5 Å². The second-order valence-electron chi connectivity index (χ2n) is 4.73. The Morgan fingerprint density at radius 3 is 2.57 bits per heavy atom. The SMILES string of the molecule is Cc1cccc(C)c1OCCNc1nc(C)c(C(=O)O)s1. The molecule has 2 aromatic rings. The second-order valence-corrected chi connectivity index (χ2v) is 5.73. The van der Waals surface area contributed by atoms with Gasteiger partial charge >= 0.3 is 5.97 Å². The molecule has 2 N–H and O–H groups in total. The van der Waals surface area contributed by atoms with E-state index in [1.54, 1.807) is 6.92 Å². The Balaban J connectivity index is 1.88. The molecule has 0 atom stereocenters. The number of carboxylic acids is 1. The number of hydrogen-bond acceptors (Lipinski definition) is 5. The number of nitrogens with zero attached hydrogens (tertiary/aromatic N) is 1. The van der Waals surface area contributed by atoms with Crippen molar-refractivity contribution in [3.63, 3.8) is 0 Å². The number of ether oxygens (including phenoxy) is 1. The molecule has 1 heterocycles. The minimum Gasteiger partial charge on any atom is -0.491 e. The number of carboxylic acid groups (broad SMARTS) is 1. The molecule has 0 unspecified atom stereocenters. The smallest absolute Gasteiger partial charge is 0.347 e. The van der Waals surface area contributed by atoms with Gasteiger partial charge in [-0.1, -0.05) is 29.5 Å². The number of para-hydroxylation sites is 1. The summed E-state index contributed by atoms with van der Waals surface area (Å²) in [6.45, 7) is 6.78. The molecule has 0 amide bonds. The maximum atomic E-state index is 10.9. The van der Waals surface area contributed by atoms with Crippen LogP contribution in [0.3, 0.4) is 0 Å². The van der Waals surface area contributed by atoms with Crippen molar-refractivity contribution in [2.24, 2.45) is 0 Å². The van der Waals surface area contributed by atoms with Gasteiger partial charge in [0, 0.05) is 0 Å². The summed E-state index contributed by atoms with van der Waals surface area (Å²) < 4.78 is 5.77. The Hall–Kier alpha value is -2.08. The molecule has 112 valence electrons. The van der Waals surface area contributed by atoms with Gasteiger partial charge in [0.1, 0.15) is 17.2 Å². The van der Waals surface area contributed by atoms with Crippen LogP contribution in [-0.2, 0) is 0 Å². The molecule has 1 aromatic carbocycles. The van der Waals surface area contributed by atoms with Crippen molar-refractivity contribution in [1.82, 2.24) is 4.98 Å². The quantitative estimate of drug-likeness (QED) is 0.802. The monoisotopic (exact) mass is 306 g/mol. The molecule has 1 aromatic heterocycles. The lowest BCUT2D eigenvalue weighted by Gasteiger charge is -2.11. The zero-order valence-corrected chi connectivity index (χ0v) is 13.1. The van der Waals surface area contributed by atoms with E-state index in [0.29, 0.717) is 24.0 Å². The third-order valence-electron chi connectivity index (χ3n) is 3.02. The Bertz CT molecular complexity index is 632. The van der Waals surface area contributed by atoms with Gasteiger partial charge in [-0.25, -0.2) is 9.78 Å². The lowest BCUT2D eigenvalue weighted by Crippen LogP contribution is -2.12. The Kier molecular flexibility index (Phi) is 4.80. The van der Waals surface area contributed by atoms with Gasteiger partial charge in [-0.3, -0.25) is 0 Å². The first-order valence-electron chi connectivity index (χ1n) is 6.62. The summed E-state index contributed by atoms with van der Waals surface area (Å²) >= 11 is 1.14. The van der Waals surface area contributed by atoms with Gasteiger partial charge < -0.3 is 15.2 Å². The fourth-order valence-corrected chi connectivity index (χ4v) is 2.84. The molecule has 0 spiro atoms. The molecule has 0 fully saturated rings. The lowest BCUT2D eigenvalue weighted by atomic mass is 10.1. The fourth-order valence-electron chi connectivity index (χ4n) is 2.01. The van der Waals surface area contributed by atoms with Crippen molar-refractivity contribution >= 4 is 22.4 Å². The van der Waals surface area contributed by atoms with Crippen LogP contribution in [0.4, 0.5) is 5.13 Å². The van der Waals surface area contributed by atoms with Crippen LogP contribution in [0, 0.1) is 20.8 Å². The van der Waals surface area contributed by atoms with Gasteiger partial charge in [0.15, 0.2) is 5.13 Å². The van der Waals surface area contributed by atoms with Crippen LogP contribution in [0.1, 0.15) is 26.5 Å². The van der Waals surface area contributed by atoms with Crippen LogP contribution >= 0.6 is 11.3 Å². The van der Waals surface area contributed by atoms with Crippen LogP contribution in [0.2, 0.25) is 0 Å². The number of rotatable bonds is 6. The maximum Gasteiger partial charge on any atom is 0.347 e. The van der Waals surface area contributed by atoms with Crippen LogP contribution in [0.15, 0.2) is 18.2 Å². The highest BCUT2D eigenvalue weighted by atomic mass is 32.1. The van der Waals surface area contributed by atoms with Gasteiger partial charge in [0.25, 0.3) is 0 Å². The van der Waals surface area contributed by atoms with E-state index in [2.05, 4.69) is 10.3 Å². The highest BCUT2D eigenvalue weighted by Crippen LogP contribution is 2.23. The van der Waals surface area contributed by atoms with Crippen molar-refractivity contribution < 1.29 is 14.6 Å². The largest absolute Gasteiger partial charge is 0.491 e. The zero-order valence-electron chi connectivity index (χ0n) is 12.3. The van der Waals surface area contributed by atoms with Crippen LogP contribution in [0.5, 0.6) is 5.75 Å². The van der Waals surface area contributed by atoms with E-state index in [4.69, 9.17) is 9.84 Å². The summed E-state index contributed by atoms with van der Waals surface area (Å²) in [4.78, 5) is 15.4. The molecule has 0 aliphatic rings. The number of thiazole rings is 1. The average Bonchev–Trinajstić information content (AvgIpc) is 2.79. The van der Waals surface area contributed by atoms with E-state index in [1.807, 2.05) is 32.0 Å². The molecular weight excluding hydrogens is 288 g/mol. The van der Waals surface area contributed by atoms with Gasteiger partial charge in [-0.15, -0.1) is 0 Å². The molecule has 0 aliphatic heterocycles. The van der Waals surface area contributed by atoms with E-state index in [1.165, 1.54) is 0 Å². The van der Waals surface area contributed by atoms with Gasteiger partial charge in [0.05, 0.1) is 12.2 Å². The Morgan fingerprint density at radius 2 is 2.00 bits per heavy atom. The minimum atomic E-state index is -0.940. The van der Waals surface area contributed by atoms with Gasteiger partial charge in [-0.2, -0.15) is 0 Å². The van der Waals surface area contributed by atoms with Crippen LogP contribution in [-0.4, -0.2) is 29.2 Å². The summed E-state index contributed by atoms with van der Waals surface area (Å²) in [5.41, 5.74) is 2.74. The third kappa shape index (κ3) is 3.72. The van der Waals surface area contributed by atoms with Crippen LogP contribution < -0.4 is 10.1 Å². The highest BCUT2D eigenvalue weighted by Gasteiger charge is 2.13.